The van der Waals surface area contributed by atoms with Crippen molar-refractivity contribution in [2.75, 3.05) is 32.5 Å². The molecule has 4 heteroatoms. The Balaban J connectivity index is 2.71. The van der Waals surface area contributed by atoms with E-state index in [1.165, 1.54) is 0 Å². The number of nitrogens with zero attached hydrogens (tertiary/aromatic N) is 1. The predicted molar refractivity (Wildman–Crippen MR) is 85.4 cm³/mol. The molecule has 1 aromatic carbocycles. The number of aryl methyl sites for hydroxylation is 1. The van der Waals surface area contributed by atoms with Crippen LogP contribution in [0.2, 0.25) is 0 Å². The van der Waals surface area contributed by atoms with Crippen LogP contribution in [0.5, 0.6) is 0 Å². The number of amides is 1. The second-order valence-corrected chi connectivity index (χ2v) is 5.55. The maximum absolute atomic E-state index is 12.3. The lowest BCUT2D eigenvalue weighted by Crippen LogP contribution is -2.35. The summed E-state index contributed by atoms with van der Waals surface area (Å²) < 4.78 is 0. The zero-order chi connectivity index (χ0) is 15.1. The zero-order valence-electron chi connectivity index (χ0n) is 13.3. The summed E-state index contributed by atoms with van der Waals surface area (Å²) in [7, 11) is 4.08. The minimum absolute atomic E-state index is 0.00722. The van der Waals surface area contributed by atoms with E-state index in [1.807, 2.05) is 53.1 Å². The molecule has 1 unspecified atom stereocenters. The minimum atomic E-state index is -0.00722. The quantitative estimate of drug-likeness (QED) is 0.805. The van der Waals surface area contributed by atoms with Gasteiger partial charge >= 0.3 is 0 Å². The fourth-order valence-electron chi connectivity index (χ4n) is 2.02. The third-order valence-electron chi connectivity index (χ3n) is 3.17. The van der Waals surface area contributed by atoms with Gasteiger partial charge in [-0.3, -0.25) is 4.79 Å². The fourth-order valence-corrected chi connectivity index (χ4v) is 2.02. The van der Waals surface area contributed by atoms with E-state index in [9.17, 15) is 4.79 Å². The van der Waals surface area contributed by atoms with Crippen molar-refractivity contribution in [3.05, 3.63) is 29.3 Å². The van der Waals surface area contributed by atoms with Crippen molar-refractivity contribution < 1.29 is 4.79 Å². The van der Waals surface area contributed by atoms with Crippen molar-refractivity contribution in [1.29, 1.82) is 0 Å². The Morgan fingerprint density at radius 2 is 2.05 bits per heavy atom. The van der Waals surface area contributed by atoms with Gasteiger partial charge in [0, 0.05) is 18.3 Å². The van der Waals surface area contributed by atoms with Crippen LogP contribution < -0.4 is 10.6 Å². The highest BCUT2D eigenvalue weighted by Crippen LogP contribution is 2.17. The Hall–Kier alpha value is -1.55. The van der Waals surface area contributed by atoms with E-state index < -0.39 is 0 Å². The molecular weight excluding hydrogens is 250 g/mol. The van der Waals surface area contributed by atoms with Gasteiger partial charge in [0.25, 0.3) is 5.91 Å². The summed E-state index contributed by atoms with van der Waals surface area (Å²) in [6.07, 6.45) is 0.946. The molecule has 0 fully saturated rings. The molecule has 0 bridgehead atoms. The monoisotopic (exact) mass is 277 g/mol. The van der Waals surface area contributed by atoms with Gasteiger partial charge < -0.3 is 15.5 Å². The van der Waals surface area contributed by atoms with Gasteiger partial charge in [-0.2, -0.15) is 0 Å². The molecule has 0 saturated carbocycles. The lowest BCUT2D eigenvalue weighted by atomic mass is 10.1. The molecule has 112 valence electrons. The molecule has 0 spiro atoms. The van der Waals surface area contributed by atoms with E-state index in [-0.39, 0.29) is 11.9 Å². The average molecular weight is 277 g/mol. The van der Waals surface area contributed by atoms with E-state index in [0.717, 1.165) is 30.8 Å². The van der Waals surface area contributed by atoms with Crippen molar-refractivity contribution in [2.45, 2.75) is 33.2 Å². The molecule has 0 aliphatic heterocycles. The van der Waals surface area contributed by atoms with Gasteiger partial charge in [-0.15, -0.1) is 0 Å². The molecule has 0 aliphatic rings. The summed E-state index contributed by atoms with van der Waals surface area (Å²) in [5, 5.41) is 6.32. The number of anilines is 1. The Kier molecular flexibility index (Phi) is 6.52. The summed E-state index contributed by atoms with van der Waals surface area (Å²) >= 11 is 0. The average Bonchev–Trinajstić information content (AvgIpc) is 2.36. The second-order valence-electron chi connectivity index (χ2n) is 5.55. The molecule has 1 rings (SSSR count). The van der Waals surface area contributed by atoms with Crippen LogP contribution in [0.1, 0.15) is 36.2 Å². The standard InChI is InChI=1S/C16H27N3O/c1-6-17-15-11-12(2)7-8-14(15)16(20)18-13(3)9-10-19(4)5/h7-8,11,13,17H,6,9-10H2,1-5H3,(H,18,20). The van der Waals surface area contributed by atoms with Gasteiger partial charge in [0.1, 0.15) is 0 Å². The molecule has 1 amide bonds. The van der Waals surface area contributed by atoms with Crippen LogP contribution >= 0.6 is 0 Å². The molecular formula is C16H27N3O. The van der Waals surface area contributed by atoms with Crippen LogP contribution in [0.4, 0.5) is 5.69 Å². The fraction of sp³-hybridized carbons (Fsp3) is 0.562. The lowest BCUT2D eigenvalue weighted by molar-refractivity contribution is 0.0937. The third kappa shape index (κ3) is 5.21. The van der Waals surface area contributed by atoms with E-state index in [1.54, 1.807) is 0 Å². The van der Waals surface area contributed by atoms with E-state index in [2.05, 4.69) is 15.5 Å². The summed E-state index contributed by atoms with van der Waals surface area (Å²) in [6, 6.07) is 6.05. The zero-order valence-corrected chi connectivity index (χ0v) is 13.3. The lowest BCUT2D eigenvalue weighted by Gasteiger charge is -2.18. The largest absolute Gasteiger partial charge is 0.385 e. The number of nitrogens with one attached hydrogen (secondary N) is 2. The summed E-state index contributed by atoms with van der Waals surface area (Å²) in [4.78, 5) is 14.5. The minimum Gasteiger partial charge on any atom is -0.385 e. The Labute approximate surface area is 122 Å². The van der Waals surface area contributed by atoms with Crippen LogP contribution in [0, 0.1) is 6.92 Å². The first-order valence-electron chi connectivity index (χ1n) is 7.24. The number of rotatable bonds is 7. The molecule has 0 heterocycles. The van der Waals surface area contributed by atoms with Crippen molar-refractivity contribution in [3.8, 4) is 0 Å². The number of carbonyl (C=O) groups excluding carboxylic acids is 1. The Bertz CT molecular complexity index is 443. The molecule has 0 saturated heterocycles. The Morgan fingerprint density at radius 1 is 1.35 bits per heavy atom. The number of hydrogen-bond donors (Lipinski definition) is 2. The molecule has 1 atom stereocenters. The highest BCUT2D eigenvalue weighted by atomic mass is 16.1. The molecule has 20 heavy (non-hydrogen) atoms. The van der Waals surface area contributed by atoms with Gasteiger partial charge in [0.05, 0.1) is 5.56 Å². The second kappa shape index (κ2) is 7.90. The van der Waals surface area contributed by atoms with Gasteiger partial charge in [-0.05, 0) is 65.5 Å². The first kappa shape index (κ1) is 16.5. The van der Waals surface area contributed by atoms with Crippen LogP contribution in [0.15, 0.2) is 18.2 Å². The highest BCUT2D eigenvalue weighted by molar-refractivity contribution is 5.99. The molecule has 0 aliphatic carbocycles. The third-order valence-corrected chi connectivity index (χ3v) is 3.17. The van der Waals surface area contributed by atoms with Crippen LogP contribution in [0.25, 0.3) is 0 Å². The first-order valence-corrected chi connectivity index (χ1v) is 7.24. The van der Waals surface area contributed by atoms with Crippen molar-refractivity contribution in [1.82, 2.24) is 10.2 Å². The van der Waals surface area contributed by atoms with Crippen molar-refractivity contribution in [2.24, 2.45) is 0 Å². The maximum atomic E-state index is 12.3. The molecule has 2 N–H and O–H groups in total. The topological polar surface area (TPSA) is 44.4 Å². The van der Waals surface area contributed by atoms with E-state index in [0.29, 0.717) is 5.56 Å². The van der Waals surface area contributed by atoms with Gasteiger partial charge in [-0.1, -0.05) is 6.07 Å². The van der Waals surface area contributed by atoms with Crippen LogP contribution in [0.3, 0.4) is 0 Å². The van der Waals surface area contributed by atoms with E-state index >= 15 is 0 Å². The van der Waals surface area contributed by atoms with Crippen molar-refractivity contribution >= 4 is 11.6 Å². The van der Waals surface area contributed by atoms with Crippen LogP contribution in [-0.4, -0.2) is 44.0 Å². The summed E-state index contributed by atoms with van der Waals surface area (Å²) in [5.41, 5.74) is 2.78. The number of hydrogen-bond acceptors (Lipinski definition) is 3. The van der Waals surface area contributed by atoms with Crippen molar-refractivity contribution in [3.63, 3.8) is 0 Å². The van der Waals surface area contributed by atoms with Crippen LogP contribution in [-0.2, 0) is 0 Å². The smallest absolute Gasteiger partial charge is 0.253 e. The SMILES string of the molecule is CCNc1cc(C)ccc1C(=O)NC(C)CCN(C)C. The molecule has 1 aromatic rings. The molecule has 4 nitrogen and oxygen atoms in total. The van der Waals surface area contributed by atoms with Gasteiger partial charge in [0.2, 0.25) is 0 Å². The van der Waals surface area contributed by atoms with Gasteiger partial charge in [-0.25, -0.2) is 0 Å². The normalized spacial score (nSPS) is 12.3. The summed E-state index contributed by atoms with van der Waals surface area (Å²) in [5.74, 6) is -0.00722. The number of carbonyl (C=O) groups is 1. The van der Waals surface area contributed by atoms with E-state index in [4.69, 9.17) is 0 Å². The first-order chi connectivity index (χ1) is 9.43. The summed E-state index contributed by atoms with van der Waals surface area (Å²) in [6.45, 7) is 7.88. The maximum Gasteiger partial charge on any atom is 0.253 e. The highest BCUT2D eigenvalue weighted by Gasteiger charge is 2.13. The van der Waals surface area contributed by atoms with Gasteiger partial charge in [0.15, 0.2) is 0 Å². The molecule has 0 aromatic heterocycles. The number of benzene rings is 1. The Morgan fingerprint density at radius 3 is 2.65 bits per heavy atom. The molecule has 0 radical (unpaired) electrons. The predicted octanol–water partition coefficient (Wildman–Crippen LogP) is 2.50.